The van der Waals surface area contributed by atoms with Crippen LogP contribution in [0.2, 0.25) is 0 Å². The van der Waals surface area contributed by atoms with Crippen molar-refractivity contribution in [2.24, 2.45) is 0 Å². The van der Waals surface area contributed by atoms with Gasteiger partial charge in [0.15, 0.2) is 0 Å². The lowest BCUT2D eigenvalue weighted by atomic mass is 10.1. The third-order valence-electron chi connectivity index (χ3n) is 3.55. The molecule has 0 atom stereocenters. The topological polar surface area (TPSA) is 41.1 Å². The normalized spacial score (nSPS) is 16.9. The van der Waals surface area contributed by atoms with Crippen LogP contribution in [0.5, 0.6) is 0 Å². The highest BCUT2D eigenvalue weighted by Gasteiger charge is 2.13. The fourth-order valence-corrected chi connectivity index (χ4v) is 2.86. The Morgan fingerprint density at radius 1 is 1.16 bits per heavy atom. The molecule has 0 aromatic heterocycles. The molecule has 3 nitrogen and oxygen atoms in total. The van der Waals surface area contributed by atoms with Gasteiger partial charge in [0.1, 0.15) is 0 Å². The lowest BCUT2D eigenvalue weighted by Gasteiger charge is -2.16. The van der Waals surface area contributed by atoms with E-state index in [9.17, 15) is 4.79 Å². The summed E-state index contributed by atoms with van der Waals surface area (Å²) in [5, 5.41) is 6.29. The molecule has 0 aliphatic heterocycles. The van der Waals surface area contributed by atoms with Gasteiger partial charge in [0.2, 0.25) is 5.91 Å². The molecule has 1 aliphatic rings. The van der Waals surface area contributed by atoms with E-state index in [1.165, 1.54) is 38.5 Å². The van der Waals surface area contributed by atoms with Gasteiger partial charge in [-0.05, 0) is 40.9 Å². The van der Waals surface area contributed by atoms with E-state index in [0.717, 1.165) is 10.2 Å². The smallest absolute Gasteiger partial charge is 0.238 e. The van der Waals surface area contributed by atoms with Crippen molar-refractivity contribution in [3.8, 4) is 0 Å². The van der Waals surface area contributed by atoms with Crippen molar-refractivity contribution in [2.45, 2.75) is 44.6 Å². The number of benzene rings is 1. The molecule has 4 heteroatoms. The van der Waals surface area contributed by atoms with Crippen LogP contribution in [0.4, 0.5) is 5.69 Å². The van der Waals surface area contributed by atoms with Crippen LogP contribution >= 0.6 is 15.9 Å². The Balaban J connectivity index is 1.76. The van der Waals surface area contributed by atoms with Crippen LogP contribution in [0.1, 0.15) is 38.5 Å². The average Bonchev–Trinajstić information content (AvgIpc) is 2.68. The molecule has 0 bridgehead atoms. The van der Waals surface area contributed by atoms with E-state index in [2.05, 4.69) is 26.6 Å². The van der Waals surface area contributed by atoms with Gasteiger partial charge in [-0.3, -0.25) is 4.79 Å². The monoisotopic (exact) mass is 324 g/mol. The van der Waals surface area contributed by atoms with Crippen molar-refractivity contribution in [1.29, 1.82) is 0 Å². The first-order valence-electron chi connectivity index (χ1n) is 7.03. The van der Waals surface area contributed by atoms with Gasteiger partial charge < -0.3 is 10.6 Å². The Morgan fingerprint density at radius 2 is 1.84 bits per heavy atom. The number of rotatable bonds is 4. The van der Waals surface area contributed by atoms with E-state index in [1.54, 1.807) is 0 Å². The first-order chi connectivity index (χ1) is 9.25. The molecule has 19 heavy (non-hydrogen) atoms. The zero-order valence-electron chi connectivity index (χ0n) is 11.1. The van der Waals surface area contributed by atoms with E-state index in [1.807, 2.05) is 24.3 Å². The molecule has 1 saturated carbocycles. The Labute approximate surface area is 123 Å². The number of amides is 1. The van der Waals surface area contributed by atoms with Gasteiger partial charge in [0.05, 0.1) is 12.2 Å². The molecule has 1 aromatic rings. The third kappa shape index (κ3) is 4.96. The minimum absolute atomic E-state index is 0.0242. The number of nitrogens with one attached hydrogen (secondary N) is 2. The minimum atomic E-state index is 0.0242. The van der Waals surface area contributed by atoms with Crippen molar-refractivity contribution in [2.75, 3.05) is 11.9 Å². The molecule has 0 radical (unpaired) electrons. The maximum absolute atomic E-state index is 11.9. The third-order valence-corrected chi connectivity index (χ3v) is 4.25. The van der Waals surface area contributed by atoms with Gasteiger partial charge in [-0.15, -0.1) is 0 Å². The van der Waals surface area contributed by atoms with Crippen molar-refractivity contribution in [1.82, 2.24) is 5.32 Å². The maximum atomic E-state index is 11.9. The summed E-state index contributed by atoms with van der Waals surface area (Å²) in [6.45, 7) is 0.395. The molecule has 1 aromatic carbocycles. The van der Waals surface area contributed by atoms with E-state index in [0.29, 0.717) is 12.6 Å². The molecule has 0 unspecified atom stereocenters. The van der Waals surface area contributed by atoms with Crippen molar-refractivity contribution in [3.05, 3.63) is 28.7 Å². The Kier molecular flexibility index (Phi) is 5.86. The van der Waals surface area contributed by atoms with Crippen LogP contribution in [-0.4, -0.2) is 18.5 Å². The van der Waals surface area contributed by atoms with Gasteiger partial charge in [0.25, 0.3) is 0 Å². The molecule has 2 N–H and O–H groups in total. The molecular weight excluding hydrogens is 304 g/mol. The molecule has 0 saturated heterocycles. The second-order valence-electron chi connectivity index (χ2n) is 5.10. The number of hydrogen-bond acceptors (Lipinski definition) is 2. The Morgan fingerprint density at radius 3 is 2.53 bits per heavy atom. The number of para-hydroxylation sites is 1. The summed E-state index contributed by atoms with van der Waals surface area (Å²) in [6.07, 6.45) is 7.63. The van der Waals surface area contributed by atoms with E-state index < -0.39 is 0 Å². The van der Waals surface area contributed by atoms with Crippen LogP contribution in [0.3, 0.4) is 0 Å². The van der Waals surface area contributed by atoms with Gasteiger partial charge in [-0.2, -0.15) is 0 Å². The van der Waals surface area contributed by atoms with Gasteiger partial charge in [0, 0.05) is 10.5 Å². The highest BCUT2D eigenvalue weighted by atomic mass is 79.9. The summed E-state index contributed by atoms with van der Waals surface area (Å²) in [5.41, 5.74) is 0.829. The predicted octanol–water partition coefficient (Wildman–Crippen LogP) is 3.70. The van der Waals surface area contributed by atoms with Crippen LogP contribution in [0.25, 0.3) is 0 Å². The summed E-state index contributed by atoms with van der Waals surface area (Å²) < 4.78 is 0.915. The minimum Gasteiger partial charge on any atom is -0.324 e. The van der Waals surface area contributed by atoms with Crippen LogP contribution < -0.4 is 10.6 Å². The van der Waals surface area contributed by atoms with Gasteiger partial charge >= 0.3 is 0 Å². The Bertz CT molecular complexity index is 414. The highest BCUT2D eigenvalue weighted by Crippen LogP contribution is 2.21. The highest BCUT2D eigenvalue weighted by molar-refractivity contribution is 9.10. The molecule has 0 heterocycles. The second kappa shape index (κ2) is 7.65. The van der Waals surface area contributed by atoms with E-state index in [4.69, 9.17) is 0 Å². The predicted molar refractivity (Wildman–Crippen MR) is 82.3 cm³/mol. The van der Waals surface area contributed by atoms with Crippen LogP contribution in [-0.2, 0) is 4.79 Å². The molecule has 1 fully saturated rings. The largest absolute Gasteiger partial charge is 0.324 e. The average molecular weight is 325 g/mol. The van der Waals surface area contributed by atoms with Gasteiger partial charge in [-0.25, -0.2) is 0 Å². The Hall–Kier alpha value is -0.870. The molecule has 0 spiro atoms. The zero-order valence-corrected chi connectivity index (χ0v) is 12.7. The van der Waals surface area contributed by atoms with Crippen LogP contribution in [0, 0.1) is 0 Å². The number of halogens is 1. The fraction of sp³-hybridized carbons (Fsp3) is 0.533. The molecule has 104 valence electrons. The lowest BCUT2D eigenvalue weighted by molar-refractivity contribution is -0.115. The summed E-state index contributed by atoms with van der Waals surface area (Å²) in [7, 11) is 0. The summed E-state index contributed by atoms with van der Waals surface area (Å²) in [6, 6.07) is 8.18. The maximum Gasteiger partial charge on any atom is 0.238 e. The number of hydrogen-bond donors (Lipinski definition) is 2. The first kappa shape index (κ1) is 14.5. The number of carbonyl (C=O) groups excluding carboxylic acids is 1. The second-order valence-corrected chi connectivity index (χ2v) is 5.95. The van der Waals surface area contributed by atoms with E-state index in [-0.39, 0.29) is 5.91 Å². The first-order valence-corrected chi connectivity index (χ1v) is 7.83. The molecular formula is C15H21BrN2O. The standard InChI is InChI=1S/C15H21BrN2O/c16-13-9-5-6-10-14(13)18-15(19)11-17-12-7-3-1-2-4-8-12/h5-6,9-10,12,17H,1-4,7-8,11H2,(H,18,19). The lowest BCUT2D eigenvalue weighted by Crippen LogP contribution is -2.35. The zero-order chi connectivity index (χ0) is 13.5. The van der Waals surface area contributed by atoms with E-state index >= 15 is 0 Å². The molecule has 2 rings (SSSR count). The summed E-state index contributed by atoms with van der Waals surface area (Å²) >= 11 is 3.43. The van der Waals surface area contributed by atoms with Crippen LogP contribution in [0.15, 0.2) is 28.7 Å². The van der Waals surface area contributed by atoms with Crippen molar-refractivity contribution in [3.63, 3.8) is 0 Å². The fourth-order valence-electron chi connectivity index (χ4n) is 2.48. The quantitative estimate of drug-likeness (QED) is 0.829. The number of carbonyl (C=O) groups is 1. The molecule has 1 amide bonds. The summed E-state index contributed by atoms with van der Waals surface area (Å²) in [5.74, 6) is 0.0242. The van der Waals surface area contributed by atoms with Gasteiger partial charge in [-0.1, -0.05) is 37.8 Å². The molecule has 1 aliphatic carbocycles. The van der Waals surface area contributed by atoms with Crippen molar-refractivity contribution < 1.29 is 4.79 Å². The number of anilines is 1. The van der Waals surface area contributed by atoms with Crippen molar-refractivity contribution >= 4 is 27.5 Å². The summed E-state index contributed by atoms with van der Waals surface area (Å²) in [4.78, 5) is 11.9. The SMILES string of the molecule is O=C(CNC1CCCCCC1)Nc1ccccc1Br.